The normalized spacial score (nSPS) is 19.1. The Kier molecular flexibility index (Phi) is 6.14. The predicted molar refractivity (Wildman–Crippen MR) is 105 cm³/mol. The van der Waals surface area contributed by atoms with Crippen LogP contribution in [0.1, 0.15) is 41.6 Å². The highest BCUT2D eigenvalue weighted by atomic mass is 32.1. The van der Waals surface area contributed by atoms with Gasteiger partial charge < -0.3 is 20.0 Å². The summed E-state index contributed by atoms with van der Waals surface area (Å²) in [5.41, 5.74) is 2.86. The van der Waals surface area contributed by atoms with E-state index in [1.807, 2.05) is 31.2 Å². The summed E-state index contributed by atoms with van der Waals surface area (Å²) < 4.78 is 4.93. The number of aryl methyl sites for hydroxylation is 1. The second-order valence-electron chi connectivity index (χ2n) is 7.02. The van der Waals surface area contributed by atoms with Gasteiger partial charge in [-0.3, -0.25) is 4.79 Å². The van der Waals surface area contributed by atoms with Gasteiger partial charge in [-0.05, 0) is 25.3 Å². The summed E-state index contributed by atoms with van der Waals surface area (Å²) in [5, 5.41) is 16.3. The lowest BCUT2D eigenvalue weighted by Crippen LogP contribution is -2.42. The van der Waals surface area contributed by atoms with Crippen LogP contribution in [0.25, 0.3) is 11.1 Å². The van der Waals surface area contributed by atoms with Crippen LogP contribution >= 0.6 is 11.3 Å². The summed E-state index contributed by atoms with van der Waals surface area (Å²) in [7, 11) is 1.29. The topological polar surface area (TPSA) is 95.5 Å². The number of carboxylic acid groups (broad SMARTS) is 1. The molecule has 148 valence electrons. The number of benzene rings is 1. The van der Waals surface area contributed by atoms with Crippen molar-refractivity contribution in [1.29, 1.82) is 0 Å². The number of nitrogens with one attached hydrogen (secondary N) is 1. The molecule has 1 amide bonds. The first-order valence-electron chi connectivity index (χ1n) is 9.21. The Balaban J connectivity index is 1.92. The fraction of sp³-hybridized carbons (Fsp3) is 0.381. The number of carbonyl (C=O) groups excluding carboxylic acids is 3. The zero-order valence-electron chi connectivity index (χ0n) is 15.8. The molecule has 0 aliphatic heterocycles. The largest absolute Gasteiger partial charge is 0.550 e. The minimum atomic E-state index is -1.19. The number of carbonyl (C=O) groups is 3. The maximum atomic E-state index is 12.8. The van der Waals surface area contributed by atoms with E-state index in [4.69, 9.17) is 4.74 Å². The van der Waals surface area contributed by atoms with Crippen molar-refractivity contribution in [3.8, 4) is 11.1 Å². The van der Waals surface area contributed by atoms with Gasteiger partial charge in [0.1, 0.15) is 10.6 Å². The first-order chi connectivity index (χ1) is 13.4. The minimum absolute atomic E-state index is 0.284. The van der Waals surface area contributed by atoms with E-state index in [1.54, 1.807) is 5.38 Å². The first kappa shape index (κ1) is 20.1. The third-order valence-electron chi connectivity index (χ3n) is 5.15. The number of ether oxygens (including phenoxy) is 1. The van der Waals surface area contributed by atoms with E-state index in [0.717, 1.165) is 24.0 Å². The average Bonchev–Trinajstić information content (AvgIpc) is 3.10. The average molecular weight is 400 g/mol. The number of esters is 1. The molecule has 0 radical (unpaired) electrons. The monoisotopic (exact) mass is 400 g/mol. The summed E-state index contributed by atoms with van der Waals surface area (Å²) in [6.07, 6.45) is 2.49. The third kappa shape index (κ3) is 4.09. The van der Waals surface area contributed by atoms with Gasteiger partial charge in [0.15, 0.2) is 0 Å². The van der Waals surface area contributed by atoms with Gasteiger partial charge in [0.25, 0.3) is 0 Å². The second-order valence-corrected chi connectivity index (χ2v) is 7.90. The highest BCUT2D eigenvalue weighted by molar-refractivity contribution is 7.15. The highest BCUT2D eigenvalue weighted by Gasteiger charge is 2.33. The van der Waals surface area contributed by atoms with Crippen LogP contribution in [0.4, 0.5) is 5.00 Å². The number of aliphatic carboxylic acids is 1. The molecule has 0 spiro atoms. The molecule has 1 N–H and O–H groups in total. The molecule has 1 saturated carbocycles. The number of methoxy groups -OCH3 is 1. The Hall–Kier alpha value is -2.67. The quantitative estimate of drug-likeness (QED) is 0.779. The molecule has 1 aromatic carbocycles. The number of carboxylic acids is 1. The molecule has 0 saturated heterocycles. The van der Waals surface area contributed by atoms with Gasteiger partial charge in [-0.2, -0.15) is 0 Å². The van der Waals surface area contributed by atoms with Gasteiger partial charge in [0.05, 0.1) is 7.11 Å². The van der Waals surface area contributed by atoms with E-state index in [0.29, 0.717) is 23.4 Å². The SMILES string of the molecule is COC(=O)c1c(-c2cccc(C)c2)csc1NC(=O)[C@H]1CCCC[C@H]1C(=O)[O-]. The van der Waals surface area contributed by atoms with Gasteiger partial charge in [-0.1, -0.05) is 42.7 Å². The summed E-state index contributed by atoms with van der Waals surface area (Å²) >= 11 is 1.23. The standard InChI is InChI=1S/C21H23NO5S/c1-12-6-5-7-13(10-12)16-11-28-19(17(16)21(26)27-2)22-18(23)14-8-3-4-9-15(14)20(24)25/h5-7,10-11,14-15H,3-4,8-9H2,1-2H3,(H,22,23)(H,24,25)/p-1/t14-,15+/m0/s1. The first-order valence-corrected chi connectivity index (χ1v) is 10.1. The second kappa shape index (κ2) is 8.56. The molecule has 0 bridgehead atoms. The molecule has 1 aliphatic carbocycles. The fourth-order valence-electron chi connectivity index (χ4n) is 3.71. The van der Waals surface area contributed by atoms with Crippen LogP contribution in [0.2, 0.25) is 0 Å². The van der Waals surface area contributed by atoms with Crippen LogP contribution in [0, 0.1) is 18.8 Å². The van der Waals surface area contributed by atoms with Crippen LogP contribution in [-0.2, 0) is 14.3 Å². The number of rotatable bonds is 5. The van der Waals surface area contributed by atoms with Crippen molar-refractivity contribution in [3.05, 3.63) is 40.8 Å². The molecule has 2 atom stereocenters. The lowest BCUT2D eigenvalue weighted by molar-refractivity contribution is -0.313. The molecule has 1 aliphatic rings. The van der Waals surface area contributed by atoms with E-state index in [9.17, 15) is 19.5 Å². The fourth-order valence-corrected chi connectivity index (χ4v) is 4.67. The summed E-state index contributed by atoms with van der Waals surface area (Å²) in [6.45, 7) is 1.96. The maximum absolute atomic E-state index is 12.8. The number of thiophene rings is 1. The van der Waals surface area contributed by atoms with Crippen LogP contribution in [-0.4, -0.2) is 25.0 Å². The molecule has 1 fully saturated rings. The number of amides is 1. The van der Waals surface area contributed by atoms with E-state index in [2.05, 4.69) is 5.32 Å². The Morgan fingerprint density at radius 1 is 1.18 bits per heavy atom. The van der Waals surface area contributed by atoms with Gasteiger partial charge in [0, 0.05) is 28.7 Å². The van der Waals surface area contributed by atoms with E-state index in [1.165, 1.54) is 18.4 Å². The van der Waals surface area contributed by atoms with Gasteiger partial charge in [0.2, 0.25) is 5.91 Å². The highest BCUT2D eigenvalue weighted by Crippen LogP contribution is 2.38. The van der Waals surface area contributed by atoms with Crippen LogP contribution in [0.5, 0.6) is 0 Å². The molecular weight excluding hydrogens is 378 g/mol. The molecule has 1 aromatic heterocycles. The van der Waals surface area contributed by atoms with Crippen molar-refractivity contribution < 1.29 is 24.2 Å². The zero-order chi connectivity index (χ0) is 20.3. The van der Waals surface area contributed by atoms with Gasteiger partial charge in [-0.25, -0.2) is 4.79 Å². The Labute approximate surface area is 167 Å². The molecule has 7 heteroatoms. The van der Waals surface area contributed by atoms with Crippen molar-refractivity contribution >= 4 is 34.2 Å². The molecule has 6 nitrogen and oxygen atoms in total. The van der Waals surface area contributed by atoms with Crippen molar-refractivity contribution in [2.75, 3.05) is 12.4 Å². The van der Waals surface area contributed by atoms with E-state index < -0.39 is 29.7 Å². The van der Waals surface area contributed by atoms with Crippen LogP contribution in [0.15, 0.2) is 29.6 Å². The Bertz CT molecular complexity index is 904. The maximum Gasteiger partial charge on any atom is 0.341 e. The van der Waals surface area contributed by atoms with Crippen LogP contribution < -0.4 is 10.4 Å². The number of hydrogen-bond acceptors (Lipinski definition) is 6. The zero-order valence-corrected chi connectivity index (χ0v) is 16.6. The molecule has 28 heavy (non-hydrogen) atoms. The van der Waals surface area contributed by atoms with E-state index in [-0.39, 0.29) is 5.56 Å². The van der Waals surface area contributed by atoms with Gasteiger partial charge in [-0.15, -0.1) is 11.3 Å². The third-order valence-corrected chi connectivity index (χ3v) is 6.05. The van der Waals surface area contributed by atoms with Crippen molar-refractivity contribution in [3.63, 3.8) is 0 Å². The lowest BCUT2D eigenvalue weighted by atomic mass is 9.79. The summed E-state index contributed by atoms with van der Waals surface area (Å²) in [4.78, 5) is 36.6. The summed E-state index contributed by atoms with van der Waals surface area (Å²) in [6, 6.07) is 7.70. The molecule has 3 rings (SSSR count). The van der Waals surface area contributed by atoms with Crippen molar-refractivity contribution in [1.82, 2.24) is 0 Å². The number of anilines is 1. The van der Waals surface area contributed by atoms with Crippen molar-refractivity contribution in [2.24, 2.45) is 11.8 Å². The molecule has 0 unspecified atom stereocenters. The summed E-state index contributed by atoms with van der Waals surface area (Å²) in [5.74, 6) is -3.59. The van der Waals surface area contributed by atoms with E-state index >= 15 is 0 Å². The number of hydrogen-bond donors (Lipinski definition) is 1. The molecular formula is C21H22NO5S-. The Morgan fingerprint density at radius 3 is 2.54 bits per heavy atom. The molecule has 2 aromatic rings. The van der Waals surface area contributed by atoms with Crippen molar-refractivity contribution in [2.45, 2.75) is 32.6 Å². The Morgan fingerprint density at radius 2 is 1.89 bits per heavy atom. The minimum Gasteiger partial charge on any atom is -0.550 e. The lowest BCUT2D eigenvalue weighted by Gasteiger charge is -2.31. The van der Waals surface area contributed by atoms with Crippen LogP contribution in [0.3, 0.4) is 0 Å². The molecule has 1 heterocycles. The smallest absolute Gasteiger partial charge is 0.341 e. The van der Waals surface area contributed by atoms with Gasteiger partial charge >= 0.3 is 5.97 Å². The predicted octanol–water partition coefficient (Wildman–Crippen LogP) is 3.00.